The van der Waals surface area contributed by atoms with Crippen LogP contribution < -0.4 is 25.4 Å². The zero-order valence-electron chi connectivity index (χ0n) is 19.3. The van der Waals surface area contributed by atoms with Crippen molar-refractivity contribution in [2.75, 3.05) is 30.2 Å². The highest BCUT2D eigenvalue weighted by Gasteiger charge is 2.16. The number of nitrogens with one attached hydrogen (secondary N) is 3. The van der Waals surface area contributed by atoms with Crippen molar-refractivity contribution in [2.45, 2.75) is 51.2 Å². The first-order valence-electron chi connectivity index (χ1n) is 11.5. The van der Waals surface area contributed by atoms with Crippen LogP contribution in [0.1, 0.15) is 43.2 Å². The molecule has 1 heterocycles. The lowest BCUT2D eigenvalue weighted by molar-refractivity contribution is 0.410. The van der Waals surface area contributed by atoms with Crippen molar-refractivity contribution in [3.8, 4) is 11.5 Å². The van der Waals surface area contributed by atoms with E-state index in [0.717, 1.165) is 35.5 Å². The largest absolute Gasteiger partial charge is 0.497 e. The van der Waals surface area contributed by atoms with Gasteiger partial charge >= 0.3 is 0 Å². The van der Waals surface area contributed by atoms with E-state index in [1.807, 2.05) is 48.5 Å². The monoisotopic (exact) mass is 448 g/mol. The van der Waals surface area contributed by atoms with Crippen LogP contribution in [0.5, 0.6) is 11.5 Å². The summed E-state index contributed by atoms with van der Waals surface area (Å²) in [5.74, 6) is 3.28. The second kappa shape index (κ2) is 11.4. The number of benzene rings is 2. The summed E-state index contributed by atoms with van der Waals surface area (Å²) in [6, 6.07) is 16.3. The number of hydrogen-bond acceptors (Lipinski definition) is 8. The minimum Gasteiger partial charge on any atom is -0.497 e. The van der Waals surface area contributed by atoms with Crippen LogP contribution >= 0.6 is 0 Å². The summed E-state index contributed by atoms with van der Waals surface area (Å²) >= 11 is 0. The van der Waals surface area contributed by atoms with E-state index in [1.165, 1.54) is 19.3 Å². The van der Waals surface area contributed by atoms with E-state index in [2.05, 4.69) is 30.9 Å². The highest BCUT2D eigenvalue weighted by atomic mass is 16.5. The first-order chi connectivity index (χ1) is 16.2. The first-order valence-corrected chi connectivity index (χ1v) is 11.5. The summed E-state index contributed by atoms with van der Waals surface area (Å²) in [7, 11) is 3.34. The Bertz CT molecular complexity index is 1040. The van der Waals surface area contributed by atoms with E-state index < -0.39 is 0 Å². The van der Waals surface area contributed by atoms with Crippen molar-refractivity contribution >= 4 is 17.8 Å². The van der Waals surface area contributed by atoms with Gasteiger partial charge in [-0.1, -0.05) is 49.6 Å². The maximum Gasteiger partial charge on any atom is 0.229 e. The average molecular weight is 449 g/mol. The molecule has 33 heavy (non-hydrogen) atoms. The number of hydrogen-bond donors (Lipinski definition) is 3. The third kappa shape index (κ3) is 6.47. The highest BCUT2D eigenvalue weighted by molar-refractivity contribution is 5.45. The lowest BCUT2D eigenvalue weighted by Crippen LogP contribution is -2.24. The van der Waals surface area contributed by atoms with Gasteiger partial charge in [0.15, 0.2) is 0 Å². The molecule has 0 radical (unpaired) electrons. The molecule has 3 aromatic rings. The normalized spacial score (nSPS) is 13.9. The maximum atomic E-state index is 5.46. The fourth-order valence-electron chi connectivity index (χ4n) is 4.01. The maximum absolute atomic E-state index is 5.46. The summed E-state index contributed by atoms with van der Waals surface area (Å²) in [5.41, 5.74) is 2.12. The van der Waals surface area contributed by atoms with E-state index in [9.17, 15) is 0 Å². The van der Waals surface area contributed by atoms with Gasteiger partial charge in [-0.05, 0) is 36.6 Å². The zero-order valence-corrected chi connectivity index (χ0v) is 19.3. The molecule has 1 aromatic heterocycles. The van der Waals surface area contributed by atoms with Crippen LogP contribution in [0.15, 0.2) is 48.5 Å². The Hall–Kier alpha value is -3.55. The molecule has 0 spiro atoms. The Kier molecular flexibility index (Phi) is 7.79. The second-order valence-corrected chi connectivity index (χ2v) is 8.16. The van der Waals surface area contributed by atoms with Crippen molar-refractivity contribution < 1.29 is 9.47 Å². The molecule has 1 aliphatic carbocycles. The van der Waals surface area contributed by atoms with Crippen LogP contribution in [0.2, 0.25) is 0 Å². The summed E-state index contributed by atoms with van der Waals surface area (Å²) in [4.78, 5) is 13.9. The third-order valence-corrected chi connectivity index (χ3v) is 5.79. The van der Waals surface area contributed by atoms with Crippen LogP contribution in [0.4, 0.5) is 17.8 Å². The number of anilines is 3. The molecule has 3 N–H and O–H groups in total. The Morgan fingerprint density at radius 3 is 2.27 bits per heavy atom. The number of methoxy groups -OCH3 is 2. The smallest absolute Gasteiger partial charge is 0.229 e. The lowest BCUT2D eigenvalue weighted by Gasteiger charge is -2.23. The molecule has 0 aliphatic heterocycles. The zero-order chi connectivity index (χ0) is 22.9. The quantitative estimate of drug-likeness (QED) is 0.405. The van der Waals surface area contributed by atoms with E-state index >= 15 is 0 Å². The fraction of sp³-hybridized carbons (Fsp3) is 0.400. The SMILES string of the molecule is COc1cccc(CNc2nc(NCc3ccccc3OC)nc(NC3CCCCC3)n2)c1. The summed E-state index contributed by atoms with van der Waals surface area (Å²) in [6.45, 7) is 1.13. The third-order valence-electron chi connectivity index (χ3n) is 5.79. The van der Waals surface area contributed by atoms with Gasteiger partial charge in [0.2, 0.25) is 17.8 Å². The number of nitrogens with zero attached hydrogens (tertiary/aromatic N) is 3. The van der Waals surface area contributed by atoms with E-state index in [4.69, 9.17) is 9.47 Å². The van der Waals surface area contributed by atoms with Crippen LogP contribution in [-0.4, -0.2) is 35.2 Å². The van der Waals surface area contributed by atoms with Crippen molar-refractivity contribution in [1.82, 2.24) is 15.0 Å². The second-order valence-electron chi connectivity index (χ2n) is 8.16. The molecule has 1 fully saturated rings. The van der Waals surface area contributed by atoms with Gasteiger partial charge in [-0.3, -0.25) is 0 Å². The van der Waals surface area contributed by atoms with E-state index in [0.29, 0.717) is 37.0 Å². The molecule has 0 saturated heterocycles. The molecule has 0 amide bonds. The van der Waals surface area contributed by atoms with Gasteiger partial charge in [-0.25, -0.2) is 0 Å². The molecular weight excluding hydrogens is 416 g/mol. The van der Waals surface area contributed by atoms with Crippen molar-refractivity contribution in [2.24, 2.45) is 0 Å². The van der Waals surface area contributed by atoms with E-state index in [-0.39, 0.29) is 0 Å². The van der Waals surface area contributed by atoms with Crippen molar-refractivity contribution in [3.05, 3.63) is 59.7 Å². The van der Waals surface area contributed by atoms with Crippen LogP contribution in [-0.2, 0) is 13.1 Å². The molecule has 8 heteroatoms. The Morgan fingerprint density at radius 2 is 1.52 bits per heavy atom. The summed E-state index contributed by atoms with van der Waals surface area (Å²) < 4.78 is 10.8. The van der Waals surface area contributed by atoms with Gasteiger partial charge in [0, 0.05) is 24.7 Å². The highest BCUT2D eigenvalue weighted by Crippen LogP contribution is 2.22. The minimum atomic E-state index is 0.398. The lowest BCUT2D eigenvalue weighted by atomic mass is 9.96. The average Bonchev–Trinajstić information content (AvgIpc) is 2.87. The molecule has 1 aliphatic rings. The predicted octanol–water partition coefficient (Wildman–Crippen LogP) is 4.86. The molecule has 0 unspecified atom stereocenters. The van der Waals surface area contributed by atoms with Gasteiger partial charge in [-0.15, -0.1) is 0 Å². The first kappa shape index (κ1) is 22.6. The van der Waals surface area contributed by atoms with Gasteiger partial charge in [0.1, 0.15) is 11.5 Å². The molecular formula is C25H32N6O2. The Morgan fingerprint density at radius 1 is 0.788 bits per heavy atom. The van der Waals surface area contributed by atoms with E-state index in [1.54, 1.807) is 14.2 Å². The number of rotatable bonds is 10. The minimum absolute atomic E-state index is 0.398. The molecule has 0 atom stereocenters. The Balaban J connectivity index is 1.50. The van der Waals surface area contributed by atoms with Crippen molar-refractivity contribution in [3.63, 3.8) is 0 Å². The van der Waals surface area contributed by atoms with Crippen LogP contribution in [0.3, 0.4) is 0 Å². The molecule has 8 nitrogen and oxygen atoms in total. The number of ether oxygens (including phenoxy) is 2. The van der Waals surface area contributed by atoms with Gasteiger partial charge < -0.3 is 25.4 Å². The standard InChI is InChI=1S/C25H32N6O2/c1-32-21-13-8-9-18(15-21)16-26-23-29-24(27-17-19-10-6-7-14-22(19)33-2)31-25(30-23)28-20-11-4-3-5-12-20/h6-10,13-15,20H,3-5,11-12,16-17H2,1-2H3,(H3,26,27,28,29,30,31). The van der Waals surface area contributed by atoms with Gasteiger partial charge in [-0.2, -0.15) is 15.0 Å². The summed E-state index contributed by atoms with van der Waals surface area (Å²) in [5, 5.41) is 10.2. The molecule has 4 rings (SSSR count). The van der Waals surface area contributed by atoms with Crippen LogP contribution in [0, 0.1) is 0 Å². The molecule has 0 bridgehead atoms. The number of para-hydroxylation sites is 1. The molecule has 2 aromatic carbocycles. The van der Waals surface area contributed by atoms with Gasteiger partial charge in [0.05, 0.1) is 14.2 Å². The molecule has 174 valence electrons. The van der Waals surface area contributed by atoms with Crippen LogP contribution in [0.25, 0.3) is 0 Å². The Labute approximate surface area is 195 Å². The fourth-order valence-corrected chi connectivity index (χ4v) is 4.01. The predicted molar refractivity (Wildman–Crippen MR) is 131 cm³/mol. The summed E-state index contributed by atoms with van der Waals surface area (Å²) in [6.07, 6.45) is 6.06. The molecule has 1 saturated carbocycles. The topological polar surface area (TPSA) is 93.2 Å². The van der Waals surface area contributed by atoms with Gasteiger partial charge in [0.25, 0.3) is 0 Å². The number of aromatic nitrogens is 3. The van der Waals surface area contributed by atoms with Crippen molar-refractivity contribution in [1.29, 1.82) is 0 Å².